The third kappa shape index (κ3) is 3.62. The van der Waals surface area contributed by atoms with Gasteiger partial charge < -0.3 is 16.0 Å². The quantitative estimate of drug-likeness (QED) is 0.842. The average molecular weight is 258 g/mol. The molecule has 0 unspecified atom stereocenters. The molecule has 6 heteroatoms. The smallest absolute Gasteiger partial charge is 0.136 e. The zero-order valence-electron chi connectivity index (χ0n) is 11.2. The summed E-state index contributed by atoms with van der Waals surface area (Å²) in [7, 11) is 1.96. The number of hydrogen-bond acceptors (Lipinski definition) is 6. The van der Waals surface area contributed by atoms with Crippen LogP contribution in [-0.2, 0) is 0 Å². The monoisotopic (exact) mass is 258 g/mol. The highest BCUT2D eigenvalue weighted by atomic mass is 15.2. The minimum Gasteiger partial charge on any atom is -0.358 e. The molecule has 3 N–H and O–H groups in total. The standard InChI is InChI=1S/C13H18N6/c1-10-16-12(18-11-3-6-15-7-4-11)9-13(17-10)19(2)8-5-14/h3-4,6-7,9H,5,8,14H2,1-2H3,(H,15,16,17,18). The molecule has 0 spiro atoms. The number of pyridine rings is 1. The molecule has 2 rings (SSSR count). The molecule has 19 heavy (non-hydrogen) atoms. The molecule has 0 fully saturated rings. The lowest BCUT2D eigenvalue weighted by molar-refractivity contribution is 0.857. The van der Waals surface area contributed by atoms with E-state index in [2.05, 4.69) is 20.3 Å². The molecule has 0 radical (unpaired) electrons. The summed E-state index contributed by atoms with van der Waals surface area (Å²) in [5, 5.41) is 3.23. The second kappa shape index (κ2) is 6.10. The molecule has 0 aliphatic carbocycles. The molecule has 6 nitrogen and oxygen atoms in total. The molecule has 0 aromatic carbocycles. The van der Waals surface area contributed by atoms with Gasteiger partial charge in [0.2, 0.25) is 0 Å². The third-order valence-corrected chi connectivity index (χ3v) is 2.63. The largest absolute Gasteiger partial charge is 0.358 e. The van der Waals surface area contributed by atoms with Gasteiger partial charge in [-0.15, -0.1) is 0 Å². The third-order valence-electron chi connectivity index (χ3n) is 2.63. The van der Waals surface area contributed by atoms with Crippen LogP contribution in [0.3, 0.4) is 0 Å². The van der Waals surface area contributed by atoms with Gasteiger partial charge in [0.1, 0.15) is 17.5 Å². The molecule has 0 saturated heterocycles. The second-order valence-electron chi connectivity index (χ2n) is 4.23. The highest BCUT2D eigenvalue weighted by Crippen LogP contribution is 2.18. The van der Waals surface area contributed by atoms with Gasteiger partial charge in [-0.05, 0) is 19.1 Å². The van der Waals surface area contributed by atoms with Gasteiger partial charge in [-0.25, -0.2) is 9.97 Å². The van der Waals surface area contributed by atoms with Gasteiger partial charge in [0.05, 0.1) is 0 Å². The first-order chi connectivity index (χ1) is 9.19. The van der Waals surface area contributed by atoms with Gasteiger partial charge in [-0.3, -0.25) is 4.98 Å². The van der Waals surface area contributed by atoms with Crippen LogP contribution >= 0.6 is 0 Å². The summed E-state index contributed by atoms with van der Waals surface area (Å²) in [6.45, 7) is 3.22. The van der Waals surface area contributed by atoms with Crippen molar-refractivity contribution in [2.45, 2.75) is 6.92 Å². The van der Waals surface area contributed by atoms with E-state index in [9.17, 15) is 0 Å². The fraction of sp³-hybridized carbons (Fsp3) is 0.308. The number of nitrogens with one attached hydrogen (secondary N) is 1. The number of anilines is 3. The van der Waals surface area contributed by atoms with Crippen molar-refractivity contribution in [1.29, 1.82) is 0 Å². The van der Waals surface area contributed by atoms with Crippen molar-refractivity contribution in [3.05, 3.63) is 36.4 Å². The van der Waals surface area contributed by atoms with E-state index >= 15 is 0 Å². The van der Waals surface area contributed by atoms with E-state index in [1.807, 2.05) is 37.1 Å². The van der Waals surface area contributed by atoms with Gasteiger partial charge in [0.25, 0.3) is 0 Å². The Kier molecular flexibility index (Phi) is 4.25. The lowest BCUT2D eigenvalue weighted by atomic mass is 10.4. The molecule has 0 saturated carbocycles. The lowest BCUT2D eigenvalue weighted by Crippen LogP contribution is -2.26. The Labute approximate surface area is 112 Å². The van der Waals surface area contributed by atoms with Crippen molar-refractivity contribution in [3.63, 3.8) is 0 Å². The van der Waals surface area contributed by atoms with Gasteiger partial charge in [-0.2, -0.15) is 0 Å². The van der Waals surface area contributed by atoms with E-state index < -0.39 is 0 Å². The number of aromatic nitrogens is 3. The summed E-state index contributed by atoms with van der Waals surface area (Å²) in [6.07, 6.45) is 3.47. The van der Waals surface area contributed by atoms with Gasteiger partial charge in [0, 0.05) is 44.3 Å². The van der Waals surface area contributed by atoms with Crippen molar-refractivity contribution in [3.8, 4) is 0 Å². The summed E-state index contributed by atoms with van der Waals surface area (Å²) < 4.78 is 0. The maximum Gasteiger partial charge on any atom is 0.136 e. The van der Waals surface area contributed by atoms with Crippen LogP contribution in [-0.4, -0.2) is 35.1 Å². The lowest BCUT2D eigenvalue weighted by Gasteiger charge is -2.18. The molecular weight excluding hydrogens is 240 g/mol. The predicted octanol–water partition coefficient (Wildman–Crippen LogP) is 1.32. The second-order valence-corrected chi connectivity index (χ2v) is 4.23. The minimum absolute atomic E-state index is 0.590. The van der Waals surface area contributed by atoms with E-state index in [1.54, 1.807) is 12.4 Å². The summed E-state index contributed by atoms with van der Waals surface area (Å²) in [4.78, 5) is 14.8. The molecule has 0 amide bonds. The van der Waals surface area contributed by atoms with E-state index in [4.69, 9.17) is 5.73 Å². The van der Waals surface area contributed by atoms with Crippen LogP contribution in [0.15, 0.2) is 30.6 Å². The first-order valence-electron chi connectivity index (χ1n) is 6.13. The summed E-state index contributed by atoms with van der Waals surface area (Å²) in [5.74, 6) is 2.34. The van der Waals surface area contributed by atoms with Crippen LogP contribution in [0.2, 0.25) is 0 Å². The molecule has 2 heterocycles. The summed E-state index contributed by atoms with van der Waals surface area (Å²) in [5.41, 5.74) is 6.50. The predicted molar refractivity (Wildman–Crippen MR) is 76.6 cm³/mol. The zero-order chi connectivity index (χ0) is 13.7. The summed E-state index contributed by atoms with van der Waals surface area (Å²) in [6, 6.07) is 5.69. The number of likely N-dealkylation sites (N-methyl/N-ethyl adjacent to an activating group) is 1. The summed E-state index contributed by atoms with van der Waals surface area (Å²) >= 11 is 0. The molecule has 2 aromatic rings. The van der Waals surface area contributed by atoms with Crippen LogP contribution < -0.4 is 16.0 Å². The van der Waals surface area contributed by atoms with Crippen molar-refractivity contribution < 1.29 is 0 Å². The first-order valence-corrected chi connectivity index (χ1v) is 6.13. The number of rotatable bonds is 5. The highest BCUT2D eigenvalue weighted by Gasteiger charge is 2.06. The van der Waals surface area contributed by atoms with Crippen LogP contribution in [0.1, 0.15) is 5.82 Å². The van der Waals surface area contributed by atoms with Crippen LogP contribution in [0.5, 0.6) is 0 Å². The Bertz CT molecular complexity index is 528. The normalized spacial score (nSPS) is 10.3. The number of aryl methyl sites for hydroxylation is 1. The number of nitrogens with zero attached hydrogens (tertiary/aromatic N) is 4. The van der Waals surface area contributed by atoms with Crippen LogP contribution in [0.4, 0.5) is 17.3 Å². The Balaban J connectivity index is 2.21. The fourth-order valence-corrected chi connectivity index (χ4v) is 1.70. The minimum atomic E-state index is 0.590. The van der Waals surface area contributed by atoms with Crippen LogP contribution in [0, 0.1) is 6.92 Å². The van der Waals surface area contributed by atoms with Gasteiger partial charge in [-0.1, -0.05) is 0 Å². The number of hydrogen-bond donors (Lipinski definition) is 2. The number of nitrogens with two attached hydrogens (primary N) is 1. The Hall–Kier alpha value is -2.21. The van der Waals surface area contributed by atoms with Crippen molar-refractivity contribution in [2.75, 3.05) is 30.4 Å². The van der Waals surface area contributed by atoms with Crippen molar-refractivity contribution in [2.24, 2.45) is 5.73 Å². The molecule has 0 atom stereocenters. The molecular formula is C13H18N6. The SMILES string of the molecule is Cc1nc(Nc2ccncc2)cc(N(C)CCN)n1. The van der Waals surface area contributed by atoms with E-state index in [1.165, 1.54) is 0 Å². The maximum atomic E-state index is 5.56. The van der Waals surface area contributed by atoms with E-state index in [0.29, 0.717) is 6.54 Å². The fourth-order valence-electron chi connectivity index (χ4n) is 1.70. The highest BCUT2D eigenvalue weighted by molar-refractivity contribution is 5.58. The topological polar surface area (TPSA) is 80.0 Å². The van der Waals surface area contributed by atoms with E-state index in [-0.39, 0.29) is 0 Å². The van der Waals surface area contributed by atoms with Crippen molar-refractivity contribution in [1.82, 2.24) is 15.0 Å². The molecule has 0 aliphatic rings. The molecule has 0 bridgehead atoms. The molecule has 2 aromatic heterocycles. The molecule has 0 aliphatic heterocycles. The molecule has 100 valence electrons. The first kappa shape index (κ1) is 13.2. The maximum absolute atomic E-state index is 5.56. The van der Waals surface area contributed by atoms with Crippen molar-refractivity contribution >= 4 is 17.3 Å². The Morgan fingerprint density at radius 2 is 2.00 bits per heavy atom. The average Bonchev–Trinajstić information content (AvgIpc) is 2.39. The van der Waals surface area contributed by atoms with E-state index in [0.717, 1.165) is 29.7 Å². The van der Waals surface area contributed by atoms with Gasteiger partial charge >= 0.3 is 0 Å². The van der Waals surface area contributed by atoms with Crippen LogP contribution in [0.25, 0.3) is 0 Å². The zero-order valence-corrected chi connectivity index (χ0v) is 11.2. The Morgan fingerprint density at radius 3 is 2.68 bits per heavy atom. The Morgan fingerprint density at radius 1 is 1.26 bits per heavy atom. The van der Waals surface area contributed by atoms with Gasteiger partial charge in [0.15, 0.2) is 0 Å².